The van der Waals surface area contributed by atoms with E-state index in [1.54, 1.807) is 0 Å². The minimum absolute atomic E-state index is 0.756. The number of rotatable bonds is 6. The first-order valence-electron chi connectivity index (χ1n) is 5.88. The Morgan fingerprint density at radius 1 is 1.40 bits per heavy atom. The molecule has 86 valence electrons. The van der Waals surface area contributed by atoms with E-state index in [0.717, 1.165) is 24.7 Å². The van der Waals surface area contributed by atoms with Gasteiger partial charge in [-0.2, -0.15) is 5.10 Å². The van der Waals surface area contributed by atoms with Crippen molar-refractivity contribution in [3.8, 4) is 0 Å². The zero-order valence-electron chi connectivity index (χ0n) is 10.4. The summed E-state index contributed by atoms with van der Waals surface area (Å²) in [6, 6.07) is 0. The Kier molecular flexibility index (Phi) is 4.82. The molecule has 0 unspecified atom stereocenters. The summed E-state index contributed by atoms with van der Waals surface area (Å²) in [5.74, 6) is 0.756. The van der Waals surface area contributed by atoms with Gasteiger partial charge in [-0.1, -0.05) is 26.7 Å². The van der Waals surface area contributed by atoms with Crippen LogP contribution in [0.1, 0.15) is 37.9 Å². The van der Waals surface area contributed by atoms with Gasteiger partial charge in [-0.15, -0.1) is 0 Å². The molecule has 15 heavy (non-hydrogen) atoms. The maximum absolute atomic E-state index is 4.54. The quantitative estimate of drug-likeness (QED) is 0.779. The number of nitrogens with one attached hydrogen (secondary N) is 1. The van der Waals surface area contributed by atoms with Gasteiger partial charge in [-0.05, 0) is 19.9 Å². The Bertz CT molecular complexity index is 287. The van der Waals surface area contributed by atoms with Crippen molar-refractivity contribution in [2.24, 2.45) is 5.92 Å². The first-order chi connectivity index (χ1) is 7.21. The Morgan fingerprint density at radius 3 is 2.60 bits per heavy atom. The zero-order chi connectivity index (χ0) is 11.3. The van der Waals surface area contributed by atoms with Crippen molar-refractivity contribution in [3.05, 3.63) is 17.5 Å². The highest BCUT2D eigenvalue weighted by Crippen LogP contribution is 2.12. The molecule has 1 rings (SSSR count). The molecule has 0 fully saturated rings. The Labute approximate surface area is 92.9 Å². The maximum atomic E-state index is 4.54. The van der Waals surface area contributed by atoms with E-state index in [-0.39, 0.29) is 0 Å². The molecule has 0 bridgehead atoms. The molecule has 0 aliphatic heterocycles. The van der Waals surface area contributed by atoms with Gasteiger partial charge in [0.25, 0.3) is 0 Å². The molecule has 0 saturated carbocycles. The van der Waals surface area contributed by atoms with Crippen molar-refractivity contribution in [2.75, 3.05) is 7.05 Å². The molecule has 3 nitrogen and oxygen atoms in total. The molecule has 3 heteroatoms. The second-order valence-corrected chi connectivity index (χ2v) is 4.17. The van der Waals surface area contributed by atoms with E-state index in [1.165, 1.54) is 18.4 Å². The van der Waals surface area contributed by atoms with Gasteiger partial charge in [-0.3, -0.25) is 4.68 Å². The summed E-state index contributed by atoms with van der Waals surface area (Å²) < 4.78 is 2.10. The van der Waals surface area contributed by atoms with Crippen molar-refractivity contribution < 1.29 is 0 Å². The highest BCUT2D eigenvalue weighted by Gasteiger charge is 2.08. The second-order valence-electron chi connectivity index (χ2n) is 4.17. The van der Waals surface area contributed by atoms with E-state index in [2.05, 4.69) is 42.1 Å². The Morgan fingerprint density at radius 2 is 2.07 bits per heavy atom. The maximum Gasteiger partial charge on any atom is 0.0638 e. The first-order valence-corrected chi connectivity index (χ1v) is 5.88. The van der Waals surface area contributed by atoms with E-state index in [1.807, 2.05) is 7.05 Å². The summed E-state index contributed by atoms with van der Waals surface area (Å²) in [5.41, 5.74) is 2.46. The molecule has 0 amide bonds. The fraction of sp³-hybridized carbons (Fsp3) is 0.750. The lowest BCUT2D eigenvalue weighted by molar-refractivity contribution is 0.395. The largest absolute Gasteiger partial charge is 0.316 e. The van der Waals surface area contributed by atoms with Crippen LogP contribution < -0.4 is 5.32 Å². The van der Waals surface area contributed by atoms with Crippen molar-refractivity contribution >= 4 is 0 Å². The summed E-state index contributed by atoms with van der Waals surface area (Å²) in [4.78, 5) is 0. The van der Waals surface area contributed by atoms with Crippen LogP contribution >= 0.6 is 0 Å². The molecule has 1 aromatic heterocycles. The predicted octanol–water partition coefficient (Wildman–Crippen LogP) is 2.35. The number of aryl methyl sites for hydroxylation is 1. The van der Waals surface area contributed by atoms with Crippen molar-refractivity contribution in [2.45, 2.75) is 46.7 Å². The topological polar surface area (TPSA) is 29.9 Å². The molecule has 1 heterocycles. The lowest BCUT2D eigenvalue weighted by Crippen LogP contribution is -2.09. The van der Waals surface area contributed by atoms with Crippen LogP contribution in [-0.4, -0.2) is 16.8 Å². The third kappa shape index (κ3) is 3.34. The standard InChI is InChI=1S/C12H23N3/c1-5-11(6-2)8-15-9-12(7-13-4)10(3)14-15/h9,11,13H,5-8H2,1-4H3. The van der Waals surface area contributed by atoms with Gasteiger partial charge in [0.15, 0.2) is 0 Å². The summed E-state index contributed by atoms with van der Waals surface area (Å²) >= 11 is 0. The third-order valence-electron chi connectivity index (χ3n) is 3.02. The van der Waals surface area contributed by atoms with Crippen molar-refractivity contribution in [3.63, 3.8) is 0 Å². The summed E-state index contributed by atoms with van der Waals surface area (Å²) in [6.07, 6.45) is 4.64. The Balaban J connectivity index is 2.65. The molecule has 0 aromatic carbocycles. The fourth-order valence-corrected chi connectivity index (χ4v) is 1.83. The van der Waals surface area contributed by atoms with Gasteiger partial charge in [0, 0.05) is 24.8 Å². The van der Waals surface area contributed by atoms with Crippen molar-refractivity contribution in [1.29, 1.82) is 0 Å². The normalized spacial score (nSPS) is 11.3. The van der Waals surface area contributed by atoms with E-state index >= 15 is 0 Å². The number of nitrogens with zero attached hydrogens (tertiary/aromatic N) is 2. The zero-order valence-corrected chi connectivity index (χ0v) is 10.4. The van der Waals surface area contributed by atoms with Gasteiger partial charge in [0.2, 0.25) is 0 Å². The smallest absolute Gasteiger partial charge is 0.0638 e. The minimum Gasteiger partial charge on any atom is -0.316 e. The van der Waals surface area contributed by atoms with Crippen LogP contribution in [0.15, 0.2) is 6.20 Å². The molecular weight excluding hydrogens is 186 g/mol. The van der Waals surface area contributed by atoms with Crippen LogP contribution in [0.4, 0.5) is 0 Å². The average Bonchev–Trinajstić information content (AvgIpc) is 2.57. The van der Waals surface area contributed by atoms with E-state index in [4.69, 9.17) is 0 Å². The minimum atomic E-state index is 0.756. The molecule has 0 atom stereocenters. The second kappa shape index (κ2) is 5.91. The van der Waals surface area contributed by atoms with Gasteiger partial charge in [0.05, 0.1) is 5.69 Å². The van der Waals surface area contributed by atoms with Crippen molar-refractivity contribution in [1.82, 2.24) is 15.1 Å². The molecule has 0 aliphatic carbocycles. The highest BCUT2D eigenvalue weighted by atomic mass is 15.3. The summed E-state index contributed by atoms with van der Waals surface area (Å²) in [6.45, 7) is 8.54. The molecule has 0 saturated heterocycles. The molecule has 0 spiro atoms. The summed E-state index contributed by atoms with van der Waals surface area (Å²) in [5, 5.41) is 7.71. The average molecular weight is 209 g/mol. The first kappa shape index (κ1) is 12.2. The lowest BCUT2D eigenvalue weighted by Gasteiger charge is -2.11. The SMILES string of the molecule is CCC(CC)Cn1cc(CNC)c(C)n1. The molecule has 1 aromatic rings. The molecule has 0 radical (unpaired) electrons. The summed E-state index contributed by atoms with van der Waals surface area (Å²) in [7, 11) is 1.97. The van der Waals surface area contributed by atoms with E-state index in [0.29, 0.717) is 0 Å². The lowest BCUT2D eigenvalue weighted by atomic mass is 10.0. The number of aromatic nitrogens is 2. The van der Waals surface area contributed by atoms with Gasteiger partial charge in [-0.25, -0.2) is 0 Å². The number of hydrogen-bond donors (Lipinski definition) is 1. The van der Waals surface area contributed by atoms with Gasteiger partial charge < -0.3 is 5.32 Å². The van der Waals surface area contributed by atoms with Crippen LogP contribution in [-0.2, 0) is 13.1 Å². The van der Waals surface area contributed by atoms with Gasteiger partial charge in [0.1, 0.15) is 0 Å². The highest BCUT2D eigenvalue weighted by molar-refractivity contribution is 5.14. The van der Waals surface area contributed by atoms with Crippen LogP contribution in [0.3, 0.4) is 0 Å². The van der Waals surface area contributed by atoms with Crippen LogP contribution in [0, 0.1) is 12.8 Å². The monoisotopic (exact) mass is 209 g/mol. The third-order valence-corrected chi connectivity index (χ3v) is 3.02. The van der Waals surface area contributed by atoms with E-state index < -0.39 is 0 Å². The Hall–Kier alpha value is -0.830. The van der Waals surface area contributed by atoms with Crippen LogP contribution in [0.25, 0.3) is 0 Å². The molecule has 0 aliphatic rings. The molecular formula is C12H23N3. The number of hydrogen-bond acceptors (Lipinski definition) is 2. The van der Waals surface area contributed by atoms with E-state index in [9.17, 15) is 0 Å². The van der Waals surface area contributed by atoms with Crippen LogP contribution in [0.5, 0.6) is 0 Å². The van der Waals surface area contributed by atoms with Crippen LogP contribution in [0.2, 0.25) is 0 Å². The molecule has 1 N–H and O–H groups in total. The fourth-order valence-electron chi connectivity index (χ4n) is 1.83. The van der Waals surface area contributed by atoms with Gasteiger partial charge >= 0.3 is 0 Å². The predicted molar refractivity (Wildman–Crippen MR) is 63.8 cm³/mol.